The van der Waals surface area contributed by atoms with Crippen LogP contribution in [-0.4, -0.2) is 11.5 Å². The third-order valence-corrected chi connectivity index (χ3v) is 3.52. The number of para-hydroxylation sites is 1. The molecular formula is C18H14FN3. The molecule has 0 atom stereocenters. The lowest BCUT2D eigenvalue weighted by atomic mass is 10.1. The Kier molecular flexibility index (Phi) is 3.97. The number of benzene rings is 2. The van der Waals surface area contributed by atoms with Crippen molar-refractivity contribution in [3.63, 3.8) is 0 Å². The summed E-state index contributed by atoms with van der Waals surface area (Å²) in [6, 6.07) is 16.3. The van der Waals surface area contributed by atoms with Gasteiger partial charge in [-0.2, -0.15) is 5.26 Å². The van der Waals surface area contributed by atoms with Crippen LogP contribution in [0.25, 0.3) is 10.9 Å². The normalized spacial score (nSPS) is 10.4. The van der Waals surface area contributed by atoms with Gasteiger partial charge in [-0.05, 0) is 30.2 Å². The standard InChI is InChI=1S/C18H14FN3/c19-15-7-5-13(6-8-15)9-10-21-18-14(11-20)12-22-17-4-2-1-3-16(17)18/h1-8,12H,9-10H2,(H,21,22). The fourth-order valence-electron chi connectivity index (χ4n) is 2.40. The molecule has 0 spiro atoms. The monoisotopic (exact) mass is 291 g/mol. The highest BCUT2D eigenvalue weighted by atomic mass is 19.1. The van der Waals surface area contributed by atoms with Gasteiger partial charge in [-0.3, -0.25) is 4.98 Å². The van der Waals surface area contributed by atoms with E-state index in [2.05, 4.69) is 16.4 Å². The first-order valence-electron chi connectivity index (χ1n) is 7.04. The predicted molar refractivity (Wildman–Crippen MR) is 85.1 cm³/mol. The van der Waals surface area contributed by atoms with Gasteiger partial charge in [-0.1, -0.05) is 30.3 Å². The van der Waals surface area contributed by atoms with Crippen molar-refractivity contribution in [3.8, 4) is 6.07 Å². The van der Waals surface area contributed by atoms with Gasteiger partial charge in [0, 0.05) is 18.1 Å². The summed E-state index contributed by atoms with van der Waals surface area (Å²) in [5, 5.41) is 13.5. The average Bonchev–Trinajstić information content (AvgIpc) is 2.56. The van der Waals surface area contributed by atoms with E-state index in [1.54, 1.807) is 18.3 Å². The number of nitrogens with one attached hydrogen (secondary N) is 1. The molecule has 22 heavy (non-hydrogen) atoms. The molecule has 0 fully saturated rings. The Balaban J connectivity index is 1.81. The van der Waals surface area contributed by atoms with Crippen LogP contribution in [-0.2, 0) is 6.42 Å². The quantitative estimate of drug-likeness (QED) is 0.793. The van der Waals surface area contributed by atoms with Crippen molar-refractivity contribution in [3.05, 3.63) is 71.7 Å². The number of halogens is 1. The molecule has 2 aromatic carbocycles. The second-order valence-electron chi connectivity index (χ2n) is 4.98. The topological polar surface area (TPSA) is 48.7 Å². The van der Waals surface area contributed by atoms with E-state index in [1.165, 1.54) is 12.1 Å². The first-order valence-corrected chi connectivity index (χ1v) is 7.04. The van der Waals surface area contributed by atoms with E-state index in [9.17, 15) is 9.65 Å². The molecule has 3 nitrogen and oxygen atoms in total. The van der Waals surface area contributed by atoms with Gasteiger partial charge in [0.1, 0.15) is 11.9 Å². The van der Waals surface area contributed by atoms with Gasteiger partial charge in [-0.25, -0.2) is 4.39 Å². The summed E-state index contributed by atoms with van der Waals surface area (Å²) in [6.45, 7) is 0.661. The second kappa shape index (κ2) is 6.23. The maximum atomic E-state index is 12.9. The smallest absolute Gasteiger partial charge is 0.123 e. The summed E-state index contributed by atoms with van der Waals surface area (Å²) < 4.78 is 12.9. The van der Waals surface area contributed by atoms with E-state index in [0.29, 0.717) is 12.1 Å². The fourth-order valence-corrected chi connectivity index (χ4v) is 2.40. The van der Waals surface area contributed by atoms with Gasteiger partial charge < -0.3 is 5.32 Å². The van der Waals surface area contributed by atoms with Crippen LogP contribution in [0.2, 0.25) is 0 Å². The number of rotatable bonds is 4. The minimum Gasteiger partial charge on any atom is -0.383 e. The molecule has 0 aliphatic heterocycles. The zero-order valence-corrected chi connectivity index (χ0v) is 11.9. The average molecular weight is 291 g/mol. The minimum atomic E-state index is -0.233. The summed E-state index contributed by atoms with van der Waals surface area (Å²) in [6.07, 6.45) is 2.34. The molecule has 1 aromatic heterocycles. The molecule has 0 aliphatic carbocycles. The Hall–Kier alpha value is -2.93. The lowest BCUT2D eigenvalue weighted by Gasteiger charge is -2.11. The summed E-state index contributed by atoms with van der Waals surface area (Å²) in [4.78, 5) is 4.28. The van der Waals surface area contributed by atoms with E-state index in [1.807, 2.05) is 24.3 Å². The second-order valence-corrected chi connectivity index (χ2v) is 4.98. The molecular weight excluding hydrogens is 277 g/mol. The first-order chi connectivity index (χ1) is 10.8. The number of nitriles is 1. The maximum absolute atomic E-state index is 12.9. The van der Waals surface area contributed by atoms with Crippen LogP contribution >= 0.6 is 0 Å². The van der Waals surface area contributed by atoms with Crippen LogP contribution in [0.1, 0.15) is 11.1 Å². The molecule has 3 rings (SSSR count). The number of pyridine rings is 1. The maximum Gasteiger partial charge on any atom is 0.123 e. The van der Waals surface area contributed by atoms with E-state index < -0.39 is 0 Å². The summed E-state index contributed by atoms with van der Waals surface area (Å²) >= 11 is 0. The summed E-state index contributed by atoms with van der Waals surface area (Å²) in [5.74, 6) is -0.233. The number of nitrogens with zero attached hydrogens (tertiary/aromatic N) is 2. The van der Waals surface area contributed by atoms with Crippen LogP contribution in [0.4, 0.5) is 10.1 Å². The van der Waals surface area contributed by atoms with E-state index >= 15 is 0 Å². The Morgan fingerprint density at radius 1 is 1.09 bits per heavy atom. The lowest BCUT2D eigenvalue weighted by molar-refractivity contribution is 0.627. The highest BCUT2D eigenvalue weighted by Gasteiger charge is 2.07. The molecule has 4 heteroatoms. The van der Waals surface area contributed by atoms with Crippen molar-refractivity contribution in [2.45, 2.75) is 6.42 Å². The molecule has 1 N–H and O–H groups in total. The molecule has 0 radical (unpaired) electrons. The molecule has 0 unspecified atom stereocenters. The Morgan fingerprint density at radius 2 is 1.86 bits per heavy atom. The number of hydrogen-bond donors (Lipinski definition) is 1. The van der Waals surface area contributed by atoms with Crippen LogP contribution < -0.4 is 5.32 Å². The van der Waals surface area contributed by atoms with Crippen molar-refractivity contribution in [2.24, 2.45) is 0 Å². The molecule has 1 heterocycles. The van der Waals surface area contributed by atoms with Crippen LogP contribution in [0.5, 0.6) is 0 Å². The largest absolute Gasteiger partial charge is 0.383 e. The molecule has 0 aliphatic rings. The van der Waals surface area contributed by atoms with Gasteiger partial charge in [0.2, 0.25) is 0 Å². The van der Waals surface area contributed by atoms with Crippen molar-refractivity contribution in [2.75, 3.05) is 11.9 Å². The molecule has 0 saturated carbocycles. The Bertz CT molecular complexity index is 835. The highest BCUT2D eigenvalue weighted by Crippen LogP contribution is 2.25. The van der Waals surface area contributed by atoms with Crippen molar-refractivity contribution in [1.29, 1.82) is 5.26 Å². The van der Waals surface area contributed by atoms with Gasteiger partial charge in [-0.15, -0.1) is 0 Å². The fraction of sp³-hybridized carbons (Fsp3) is 0.111. The number of fused-ring (bicyclic) bond motifs is 1. The number of hydrogen-bond acceptors (Lipinski definition) is 3. The van der Waals surface area contributed by atoms with Gasteiger partial charge >= 0.3 is 0 Å². The van der Waals surface area contributed by atoms with Crippen molar-refractivity contribution in [1.82, 2.24) is 4.98 Å². The van der Waals surface area contributed by atoms with Gasteiger partial charge in [0.05, 0.1) is 16.8 Å². The Labute approximate surface area is 128 Å². The molecule has 108 valence electrons. The molecule has 3 aromatic rings. The predicted octanol–water partition coefficient (Wildman–Crippen LogP) is 3.90. The zero-order valence-electron chi connectivity index (χ0n) is 11.9. The third-order valence-electron chi connectivity index (χ3n) is 3.52. The van der Waals surface area contributed by atoms with Crippen molar-refractivity contribution < 1.29 is 4.39 Å². The third kappa shape index (κ3) is 2.89. The van der Waals surface area contributed by atoms with Gasteiger partial charge in [0.15, 0.2) is 0 Å². The van der Waals surface area contributed by atoms with E-state index in [-0.39, 0.29) is 5.82 Å². The molecule has 0 bridgehead atoms. The molecule has 0 saturated heterocycles. The van der Waals surface area contributed by atoms with E-state index in [0.717, 1.165) is 28.6 Å². The van der Waals surface area contributed by atoms with Crippen molar-refractivity contribution >= 4 is 16.6 Å². The minimum absolute atomic E-state index is 0.233. The SMILES string of the molecule is N#Cc1cnc2ccccc2c1NCCc1ccc(F)cc1. The molecule has 0 amide bonds. The van der Waals surface area contributed by atoms with E-state index in [4.69, 9.17) is 0 Å². The summed E-state index contributed by atoms with van der Waals surface area (Å²) in [5.41, 5.74) is 3.23. The highest BCUT2D eigenvalue weighted by molar-refractivity contribution is 5.93. The number of anilines is 1. The lowest BCUT2D eigenvalue weighted by Crippen LogP contribution is -2.07. The number of aromatic nitrogens is 1. The van der Waals surface area contributed by atoms with Crippen LogP contribution in [0.15, 0.2) is 54.7 Å². The van der Waals surface area contributed by atoms with Crippen LogP contribution in [0.3, 0.4) is 0 Å². The van der Waals surface area contributed by atoms with Gasteiger partial charge in [0.25, 0.3) is 0 Å². The zero-order chi connectivity index (χ0) is 15.4. The summed E-state index contributed by atoms with van der Waals surface area (Å²) in [7, 11) is 0. The first kappa shape index (κ1) is 14.0. The van der Waals surface area contributed by atoms with Crippen LogP contribution in [0, 0.1) is 17.1 Å². The Morgan fingerprint density at radius 3 is 2.64 bits per heavy atom.